The zero-order valence-electron chi connectivity index (χ0n) is 8.51. The molecule has 0 aromatic heterocycles. The minimum atomic E-state index is 0.544. The van der Waals surface area contributed by atoms with Gasteiger partial charge in [0.1, 0.15) is 7.11 Å². The largest absolute Gasteiger partial charge is 0.398 e. The summed E-state index contributed by atoms with van der Waals surface area (Å²) in [6.07, 6.45) is 0. The van der Waals surface area contributed by atoms with E-state index in [2.05, 4.69) is 21.7 Å². The summed E-state index contributed by atoms with van der Waals surface area (Å²) >= 11 is 0. The highest BCUT2D eigenvalue weighted by atomic mass is 16.6. The van der Waals surface area contributed by atoms with Crippen molar-refractivity contribution in [3.05, 3.63) is 0 Å². The van der Waals surface area contributed by atoms with Crippen LogP contribution in [0, 0.1) is 0 Å². The van der Waals surface area contributed by atoms with Gasteiger partial charge in [-0.3, -0.25) is 0 Å². The van der Waals surface area contributed by atoms with E-state index < -0.39 is 0 Å². The van der Waals surface area contributed by atoms with Crippen LogP contribution in [0.3, 0.4) is 0 Å². The molecule has 0 saturated heterocycles. The van der Waals surface area contributed by atoms with Gasteiger partial charge < -0.3 is 4.84 Å². The molecule has 68 valence electrons. The molecule has 11 heavy (non-hydrogen) atoms. The van der Waals surface area contributed by atoms with Crippen LogP contribution in [0.4, 0.5) is 0 Å². The van der Waals surface area contributed by atoms with Crippen LogP contribution in [-0.4, -0.2) is 19.7 Å². The molecular weight excluding hydrogens is 140 g/mol. The van der Waals surface area contributed by atoms with Crippen molar-refractivity contribution in [1.29, 1.82) is 0 Å². The highest BCUT2D eigenvalue weighted by Crippen LogP contribution is 1.75. The van der Waals surface area contributed by atoms with Crippen LogP contribution in [0.1, 0.15) is 34.6 Å². The van der Waals surface area contributed by atoms with Crippen molar-refractivity contribution < 1.29 is 4.84 Å². The molecule has 3 heteroatoms. The predicted octanol–water partition coefficient (Wildman–Crippen LogP) is 2.72. The maximum atomic E-state index is 4.35. The molecule has 0 unspecified atom stereocenters. The van der Waals surface area contributed by atoms with Crippen LogP contribution in [0.15, 0.2) is 10.1 Å². The van der Waals surface area contributed by atoms with Gasteiger partial charge in [-0.2, -0.15) is 0 Å². The molecule has 0 aromatic rings. The summed E-state index contributed by atoms with van der Waals surface area (Å²) in [4.78, 5) is 7.80. The van der Waals surface area contributed by atoms with E-state index in [0.717, 1.165) is 0 Å². The summed E-state index contributed by atoms with van der Waals surface area (Å²) in [5, 5.41) is 3.43. The second-order valence-corrected chi connectivity index (χ2v) is 0.979. The topological polar surface area (TPSA) is 34.0 Å². The SMILES string of the molecule is C=N/C(C)=N\OC.CC.CC. The first-order valence-corrected chi connectivity index (χ1v) is 3.85. The molecule has 0 aliphatic rings. The Labute approximate surface area is 70.2 Å². The van der Waals surface area contributed by atoms with Gasteiger partial charge in [0.15, 0.2) is 5.84 Å². The minimum absolute atomic E-state index is 0.544. The molecule has 0 amide bonds. The molecule has 0 bridgehead atoms. The monoisotopic (exact) mass is 160 g/mol. The number of rotatable bonds is 1. The second-order valence-electron chi connectivity index (χ2n) is 0.979. The number of aliphatic imine (C=N–C) groups is 1. The Hall–Kier alpha value is -0.860. The molecule has 0 atom stereocenters. The van der Waals surface area contributed by atoms with Crippen LogP contribution in [0.5, 0.6) is 0 Å². The van der Waals surface area contributed by atoms with Crippen molar-refractivity contribution in [1.82, 2.24) is 0 Å². The van der Waals surface area contributed by atoms with E-state index in [9.17, 15) is 0 Å². The van der Waals surface area contributed by atoms with Gasteiger partial charge in [-0.15, -0.1) is 0 Å². The number of amidine groups is 1. The summed E-state index contributed by atoms with van der Waals surface area (Å²) in [7, 11) is 1.47. The van der Waals surface area contributed by atoms with E-state index in [1.165, 1.54) is 7.11 Å². The lowest BCUT2D eigenvalue weighted by molar-refractivity contribution is 0.213. The molecule has 0 saturated carbocycles. The van der Waals surface area contributed by atoms with Crippen molar-refractivity contribution in [2.24, 2.45) is 10.1 Å². The van der Waals surface area contributed by atoms with Gasteiger partial charge in [0.25, 0.3) is 0 Å². The fourth-order valence-electron chi connectivity index (χ4n) is 0.161. The Morgan fingerprint density at radius 1 is 1.18 bits per heavy atom. The average molecular weight is 160 g/mol. The van der Waals surface area contributed by atoms with Crippen molar-refractivity contribution in [2.75, 3.05) is 7.11 Å². The third kappa shape index (κ3) is 27.2. The van der Waals surface area contributed by atoms with E-state index in [1.54, 1.807) is 6.92 Å². The van der Waals surface area contributed by atoms with E-state index in [-0.39, 0.29) is 0 Å². The summed E-state index contributed by atoms with van der Waals surface area (Å²) in [5.41, 5.74) is 0. The predicted molar refractivity (Wildman–Crippen MR) is 52.4 cm³/mol. The lowest BCUT2D eigenvalue weighted by Gasteiger charge is -1.84. The minimum Gasteiger partial charge on any atom is -0.398 e. The van der Waals surface area contributed by atoms with Crippen LogP contribution < -0.4 is 0 Å². The lowest BCUT2D eigenvalue weighted by Crippen LogP contribution is -1.82. The number of oxime groups is 1. The number of hydrogen-bond donors (Lipinski definition) is 0. The van der Waals surface area contributed by atoms with Crippen molar-refractivity contribution >= 4 is 12.6 Å². The molecule has 0 radical (unpaired) electrons. The van der Waals surface area contributed by atoms with Gasteiger partial charge in [-0.25, -0.2) is 4.99 Å². The van der Waals surface area contributed by atoms with Gasteiger partial charge in [-0.1, -0.05) is 32.9 Å². The highest BCUT2D eigenvalue weighted by molar-refractivity contribution is 5.83. The number of hydrogen-bond acceptors (Lipinski definition) is 2. The first-order valence-electron chi connectivity index (χ1n) is 3.85. The maximum Gasteiger partial charge on any atom is 0.163 e. The van der Waals surface area contributed by atoms with Gasteiger partial charge in [0.05, 0.1) is 0 Å². The molecule has 3 nitrogen and oxygen atoms in total. The molecule has 0 fully saturated rings. The van der Waals surface area contributed by atoms with Crippen molar-refractivity contribution in [3.63, 3.8) is 0 Å². The smallest absolute Gasteiger partial charge is 0.163 e. The van der Waals surface area contributed by atoms with E-state index in [1.807, 2.05) is 27.7 Å². The molecule has 0 spiro atoms. The Bertz CT molecular complexity index is 90.1. The first kappa shape index (κ1) is 16.6. The lowest BCUT2D eigenvalue weighted by atomic mass is 10.7. The number of nitrogens with zero attached hydrogens (tertiary/aromatic N) is 2. The summed E-state index contributed by atoms with van der Waals surface area (Å²) in [6, 6.07) is 0. The zero-order chi connectivity index (χ0) is 9.70. The molecule has 0 heterocycles. The van der Waals surface area contributed by atoms with Crippen molar-refractivity contribution in [2.45, 2.75) is 34.6 Å². The van der Waals surface area contributed by atoms with Crippen LogP contribution >= 0.6 is 0 Å². The van der Waals surface area contributed by atoms with Gasteiger partial charge in [0.2, 0.25) is 0 Å². The molecule has 0 aliphatic heterocycles. The second kappa shape index (κ2) is 22.9. The molecule has 0 aromatic carbocycles. The van der Waals surface area contributed by atoms with Gasteiger partial charge in [-0.05, 0) is 13.6 Å². The molecule has 0 rings (SSSR count). The molecular formula is C8H20N2O. The summed E-state index contributed by atoms with van der Waals surface area (Å²) < 4.78 is 0. The van der Waals surface area contributed by atoms with E-state index in [4.69, 9.17) is 0 Å². The Morgan fingerprint density at radius 3 is 1.64 bits per heavy atom. The maximum absolute atomic E-state index is 4.35. The third-order valence-corrected chi connectivity index (χ3v) is 0.452. The first-order chi connectivity index (χ1) is 5.31. The van der Waals surface area contributed by atoms with Gasteiger partial charge >= 0.3 is 0 Å². The molecule has 0 N–H and O–H groups in total. The quantitative estimate of drug-likeness (QED) is 0.330. The van der Waals surface area contributed by atoms with E-state index in [0.29, 0.717) is 5.84 Å². The van der Waals surface area contributed by atoms with Crippen LogP contribution in [-0.2, 0) is 4.84 Å². The molecule has 0 aliphatic carbocycles. The Morgan fingerprint density at radius 2 is 1.55 bits per heavy atom. The average Bonchev–Trinajstić information content (AvgIpc) is 2.12. The van der Waals surface area contributed by atoms with Crippen LogP contribution in [0.2, 0.25) is 0 Å². The fourth-order valence-corrected chi connectivity index (χ4v) is 0.161. The Kier molecular flexibility index (Phi) is 34.6. The highest BCUT2D eigenvalue weighted by Gasteiger charge is 1.75. The summed E-state index contributed by atoms with van der Waals surface area (Å²) in [6.45, 7) is 12.9. The van der Waals surface area contributed by atoms with Crippen molar-refractivity contribution in [3.8, 4) is 0 Å². The Balaban J connectivity index is -0.000000138. The summed E-state index contributed by atoms with van der Waals surface area (Å²) in [5.74, 6) is 0.544. The van der Waals surface area contributed by atoms with E-state index >= 15 is 0 Å². The van der Waals surface area contributed by atoms with Crippen LogP contribution in [0.25, 0.3) is 0 Å². The zero-order valence-corrected chi connectivity index (χ0v) is 8.51. The van der Waals surface area contributed by atoms with Gasteiger partial charge in [0, 0.05) is 0 Å². The standard InChI is InChI=1S/C4H8N2O.2C2H6/c1-4(5-2)6-7-3;2*1-2/h2H2,1,3H3;2*1-2H3/b6-4-;;. The fraction of sp³-hybridized carbons (Fsp3) is 0.750. The normalized spacial score (nSPS) is 8.00. The third-order valence-electron chi connectivity index (χ3n) is 0.452.